The van der Waals surface area contributed by atoms with Gasteiger partial charge in [0, 0.05) is 12.6 Å². The molecule has 0 unspecified atom stereocenters. The number of ether oxygens (including phenoxy) is 2. The monoisotopic (exact) mass is 261 g/mol. The summed E-state index contributed by atoms with van der Waals surface area (Å²) in [7, 11) is 0. The van der Waals surface area contributed by atoms with Crippen LogP contribution in [0.3, 0.4) is 0 Å². The molecular weight excluding hydrogens is 242 g/mol. The summed E-state index contributed by atoms with van der Waals surface area (Å²) in [6, 6.07) is 3.85. The maximum atomic E-state index is 11.6. The van der Waals surface area contributed by atoms with Crippen molar-refractivity contribution in [3.05, 3.63) is 29.3 Å². The highest BCUT2D eigenvalue weighted by Gasteiger charge is 2.16. The van der Waals surface area contributed by atoms with E-state index < -0.39 is 0 Å². The summed E-state index contributed by atoms with van der Waals surface area (Å²) in [6.07, 6.45) is 3.32. The van der Waals surface area contributed by atoms with Gasteiger partial charge in [-0.25, -0.2) is 0 Å². The first kappa shape index (κ1) is 13.5. The molecule has 0 saturated heterocycles. The van der Waals surface area contributed by atoms with Crippen LogP contribution < -0.4 is 14.8 Å². The summed E-state index contributed by atoms with van der Waals surface area (Å²) in [5, 5.41) is 2.84. The van der Waals surface area contributed by atoms with Crippen molar-refractivity contribution < 1.29 is 14.3 Å². The van der Waals surface area contributed by atoms with Gasteiger partial charge >= 0.3 is 0 Å². The Balaban J connectivity index is 2.03. The van der Waals surface area contributed by atoms with Gasteiger partial charge in [0.15, 0.2) is 11.5 Å². The third-order valence-corrected chi connectivity index (χ3v) is 2.79. The minimum atomic E-state index is -0.0796. The fourth-order valence-electron chi connectivity index (χ4n) is 1.84. The SMILES string of the molecule is Cc1cc(C=CC(=O)NCC(C)C)cc2c1OCO2. The molecule has 0 spiro atoms. The van der Waals surface area contributed by atoms with Crippen molar-refractivity contribution in [1.82, 2.24) is 5.32 Å². The zero-order valence-corrected chi connectivity index (χ0v) is 11.5. The number of fused-ring (bicyclic) bond motifs is 1. The number of rotatable bonds is 4. The predicted molar refractivity (Wildman–Crippen MR) is 74.2 cm³/mol. The van der Waals surface area contributed by atoms with Crippen molar-refractivity contribution >= 4 is 12.0 Å². The molecule has 1 aromatic carbocycles. The molecule has 1 aliphatic heterocycles. The second-order valence-corrected chi connectivity index (χ2v) is 5.04. The van der Waals surface area contributed by atoms with Gasteiger partial charge in [0.05, 0.1) is 0 Å². The number of aryl methyl sites for hydroxylation is 1. The van der Waals surface area contributed by atoms with E-state index in [0.717, 1.165) is 22.6 Å². The van der Waals surface area contributed by atoms with Crippen LogP contribution >= 0.6 is 0 Å². The third-order valence-electron chi connectivity index (χ3n) is 2.79. The summed E-state index contributed by atoms with van der Waals surface area (Å²) in [5.74, 6) is 1.90. The molecule has 0 radical (unpaired) electrons. The Morgan fingerprint density at radius 3 is 2.95 bits per heavy atom. The van der Waals surface area contributed by atoms with Crippen LogP contribution in [0, 0.1) is 12.8 Å². The van der Waals surface area contributed by atoms with Gasteiger partial charge in [0.1, 0.15) is 0 Å². The summed E-state index contributed by atoms with van der Waals surface area (Å²) in [5.41, 5.74) is 1.94. The number of amides is 1. The lowest BCUT2D eigenvalue weighted by molar-refractivity contribution is -0.116. The lowest BCUT2D eigenvalue weighted by Gasteiger charge is -2.05. The molecule has 0 aromatic heterocycles. The summed E-state index contributed by atoms with van der Waals surface area (Å²) in [6.45, 7) is 7.03. The smallest absolute Gasteiger partial charge is 0.244 e. The van der Waals surface area contributed by atoms with Crippen molar-refractivity contribution in [3.8, 4) is 11.5 Å². The fraction of sp³-hybridized carbons (Fsp3) is 0.400. The van der Waals surface area contributed by atoms with Crippen molar-refractivity contribution in [1.29, 1.82) is 0 Å². The summed E-state index contributed by atoms with van der Waals surface area (Å²) < 4.78 is 10.7. The highest BCUT2D eigenvalue weighted by Crippen LogP contribution is 2.36. The van der Waals surface area contributed by atoms with Crippen LogP contribution in [0.4, 0.5) is 0 Å². The molecular formula is C15H19NO3. The van der Waals surface area contributed by atoms with Crippen LogP contribution in [0.1, 0.15) is 25.0 Å². The van der Waals surface area contributed by atoms with Crippen LogP contribution in [0.5, 0.6) is 11.5 Å². The van der Waals surface area contributed by atoms with E-state index in [4.69, 9.17) is 9.47 Å². The van der Waals surface area contributed by atoms with Gasteiger partial charge in [-0.15, -0.1) is 0 Å². The fourth-order valence-corrected chi connectivity index (χ4v) is 1.84. The van der Waals surface area contributed by atoms with Crippen molar-refractivity contribution in [2.24, 2.45) is 5.92 Å². The lowest BCUT2D eigenvalue weighted by Crippen LogP contribution is -2.25. The number of hydrogen-bond acceptors (Lipinski definition) is 3. The number of nitrogens with one attached hydrogen (secondary N) is 1. The minimum Gasteiger partial charge on any atom is -0.454 e. The average molecular weight is 261 g/mol. The Morgan fingerprint density at radius 1 is 1.42 bits per heavy atom. The lowest BCUT2D eigenvalue weighted by atomic mass is 10.1. The number of carbonyl (C=O) groups is 1. The van der Waals surface area contributed by atoms with Gasteiger partial charge in [0.2, 0.25) is 12.7 Å². The average Bonchev–Trinajstić information content (AvgIpc) is 2.82. The number of benzene rings is 1. The second kappa shape index (κ2) is 5.78. The number of hydrogen-bond donors (Lipinski definition) is 1. The number of carbonyl (C=O) groups excluding carboxylic acids is 1. The molecule has 4 nitrogen and oxygen atoms in total. The molecule has 1 amide bonds. The van der Waals surface area contributed by atoms with E-state index in [2.05, 4.69) is 19.2 Å². The van der Waals surface area contributed by atoms with E-state index in [0.29, 0.717) is 12.5 Å². The zero-order chi connectivity index (χ0) is 13.8. The maximum Gasteiger partial charge on any atom is 0.244 e. The van der Waals surface area contributed by atoms with Crippen molar-refractivity contribution in [2.45, 2.75) is 20.8 Å². The Morgan fingerprint density at radius 2 is 2.21 bits per heavy atom. The largest absolute Gasteiger partial charge is 0.454 e. The quantitative estimate of drug-likeness (QED) is 0.847. The first-order valence-corrected chi connectivity index (χ1v) is 6.42. The maximum absolute atomic E-state index is 11.6. The van der Waals surface area contributed by atoms with E-state index in [1.807, 2.05) is 19.1 Å². The molecule has 19 heavy (non-hydrogen) atoms. The molecule has 1 aliphatic rings. The first-order valence-electron chi connectivity index (χ1n) is 6.42. The minimum absolute atomic E-state index is 0.0796. The van der Waals surface area contributed by atoms with E-state index >= 15 is 0 Å². The van der Waals surface area contributed by atoms with Gasteiger partial charge in [-0.3, -0.25) is 4.79 Å². The molecule has 0 fully saturated rings. The highest BCUT2D eigenvalue weighted by molar-refractivity contribution is 5.91. The predicted octanol–water partition coefficient (Wildman–Crippen LogP) is 2.51. The molecule has 0 saturated carbocycles. The van der Waals surface area contributed by atoms with Crippen LogP contribution in [-0.4, -0.2) is 19.2 Å². The Hall–Kier alpha value is -1.97. The molecule has 0 bridgehead atoms. The van der Waals surface area contributed by atoms with Gasteiger partial charge < -0.3 is 14.8 Å². The van der Waals surface area contributed by atoms with Crippen LogP contribution in [0.25, 0.3) is 6.08 Å². The van der Waals surface area contributed by atoms with Gasteiger partial charge in [-0.1, -0.05) is 13.8 Å². The van der Waals surface area contributed by atoms with Gasteiger partial charge in [-0.2, -0.15) is 0 Å². The summed E-state index contributed by atoms with van der Waals surface area (Å²) in [4.78, 5) is 11.6. The Kier molecular flexibility index (Phi) is 4.10. The molecule has 4 heteroatoms. The molecule has 0 atom stereocenters. The third kappa shape index (κ3) is 3.50. The van der Waals surface area contributed by atoms with Crippen molar-refractivity contribution in [2.75, 3.05) is 13.3 Å². The molecule has 1 N–H and O–H groups in total. The highest BCUT2D eigenvalue weighted by atomic mass is 16.7. The van der Waals surface area contributed by atoms with E-state index in [-0.39, 0.29) is 12.7 Å². The standard InChI is InChI=1S/C15H19NO3/c1-10(2)8-16-14(17)5-4-12-6-11(3)15-13(7-12)18-9-19-15/h4-7,10H,8-9H2,1-3H3,(H,16,17). The van der Waals surface area contributed by atoms with Crippen LogP contribution in [-0.2, 0) is 4.79 Å². The Bertz CT molecular complexity index is 506. The molecule has 2 rings (SSSR count). The van der Waals surface area contributed by atoms with E-state index in [1.165, 1.54) is 0 Å². The summed E-state index contributed by atoms with van der Waals surface area (Å²) >= 11 is 0. The molecule has 0 aliphatic carbocycles. The topological polar surface area (TPSA) is 47.6 Å². The van der Waals surface area contributed by atoms with E-state index in [1.54, 1.807) is 12.2 Å². The molecule has 1 heterocycles. The normalized spacial score (nSPS) is 13.3. The van der Waals surface area contributed by atoms with Gasteiger partial charge in [0.25, 0.3) is 0 Å². The van der Waals surface area contributed by atoms with Crippen molar-refractivity contribution in [3.63, 3.8) is 0 Å². The first-order chi connectivity index (χ1) is 9.06. The Labute approximate surface area is 113 Å². The second-order valence-electron chi connectivity index (χ2n) is 5.04. The molecule has 102 valence electrons. The van der Waals surface area contributed by atoms with Crippen LogP contribution in [0.15, 0.2) is 18.2 Å². The van der Waals surface area contributed by atoms with Crippen LogP contribution in [0.2, 0.25) is 0 Å². The zero-order valence-electron chi connectivity index (χ0n) is 11.5. The molecule has 1 aromatic rings. The van der Waals surface area contributed by atoms with E-state index in [9.17, 15) is 4.79 Å². The van der Waals surface area contributed by atoms with Gasteiger partial charge in [-0.05, 0) is 42.2 Å².